The molecule has 132 valence electrons. The van der Waals surface area contributed by atoms with E-state index in [0.717, 1.165) is 43.7 Å². The average molecular weight is 330 g/mol. The molecule has 0 spiro atoms. The first kappa shape index (κ1) is 17.3. The number of hydrogen-bond donors (Lipinski definition) is 1. The summed E-state index contributed by atoms with van der Waals surface area (Å²) in [5, 5.41) is 3.45. The van der Waals surface area contributed by atoms with Crippen molar-refractivity contribution < 1.29 is 9.53 Å². The van der Waals surface area contributed by atoms with E-state index < -0.39 is 6.10 Å². The van der Waals surface area contributed by atoms with Gasteiger partial charge in [-0.25, -0.2) is 0 Å². The zero-order valence-electron chi connectivity index (χ0n) is 15.3. The van der Waals surface area contributed by atoms with Gasteiger partial charge in [0.25, 0.3) is 5.91 Å². The molecule has 1 N–H and O–H groups in total. The topological polar surface area (TPSA) is 41.6 Å². The number of carbonyl (C=O) groups is 1. The van der Waals surface area contributed by atoms with E-state index in [2.05, 4.69) is 42.3 Å². The first-order valence-corrected chi connectivity index (χ1v) is 9.27. The number of nitrogens with one attached hydrogen (secondary N) is 1. The van der Waals surface area contributed by atoms with Crippen molar-refractivity contribution in [2.45, 2.75) is 71.1 Å². The highest BCUT2D eigenvalue weighted by Crippen LogP contribution is 2.30. The van der Waals surface area contributed by atoms with Crippen LogP contribution in [-0.4, -0.2) is 42.1 Å². The lowest BCUT2D eigenvalue weighted by Gasteiger charge is -2.30. The molecule has 0 aromatic heterocycles. The van der Waals surface area contributed by atoms with Crippen LogP contribution >= 0.6 is 0 Å². The number of rotatable bonds is 4. The Balaban J connectivity index is 1.74. The van der Waals surface area contributed by atoms with Crippen molar-refractivity contribution in [2.75, 3.05) is 13.1 Å². The fourth-order valence-electron chi connectivity index (χ4n) is 3.90. The number of carbonyl (C=O) groups excluding carboxylic acids is 1. The van der Waals surface area contributed by atoms with Crippen LogP contribution in [0.3, 0.4) is 0 Å². The third-order valence-corrected chi connectivity index (χ3v) is 5.44. The molecular weight excluding hydrogens is 300 g/mol. The molecule has 2 aliphatic rings. The normalized spacial score (nSPS) is 24.8. The second-order valence-electron chi connectivity index (χ2n) is 7.56. The van der Waals surface area contributed by atoms with Gasteiger partial charge in [-0.3, -0.25) is 4.79 Å². The minimum absolute atomic E-state index is 0.139. The second-order valence-corrected chi connectivity index (χ2v) is 7.56. The van der Waals surface area contributed by atoms with Gasteiger partial charge in [-0.05, 0) is 62.8 Å². The molecule has 3 atom stereocenters. The van der Waals surface area contributed by atoms with E-state index in [4.69, 9.17) is 4.74 Å². The summed E-state index contributed by atoms with van der Waals surface area (Å²) < 4.78 is 6.10. The Morgan fingerprint density at radius 1 is 1.21 bits per heavy atom. The predicted octanol–water partition coefficient (Wildman–Crippen LogP) is 3.24. The largest absolute Gasteiger partial charge is 0.481 e. The Morgan fingerprint density at radius 2 is 1.96 bits per heavy atom. The van der Waals surface area contributed by atoms with Gasteiger partial charge in [-0.15, -0.1) is 0 Å². The third-order valence-electron chi connectivity index (χ3n) is 5.44. The lowest BCUT2D eigenvalue weighted by atomic mass is 10.0. The van der Waals surface area contributed by atoms with Crippen LogP contribution in [0.4, 0.5) is 0 Å². The minimum Gasteiger partial charge on any atom is -0.481 e. The molecule has 4 heteroatoms. The molecule has 1 aromatic rings. The lowest BCUT2D eigenvalue weighted by Crippen LogP contribution is -2.48. The predicted molar refractivity (Wildman–Crippen MR) is 96.5 cm³/mol. The van der Waals surface area contributed by atoms with Crippen LogP contribution in [0.5, 0.6) is 5.75 Å². The highest BCUT2D eigenvalue weighted by atomic mass is 16.5. The van der Waals surface area contributed by atoms with Crippen molar-refractivity contribution in [3.63, 3.8) is 0 Å². The number of hydrogen-bond acceptors (Lipinski definition) is 3. The maximum absolute atomic E-state index is 13.0. The van der Waals surface area contributed by atoms with E-state index in [1.165, 1.54) is 5.56 Å². The van der Waals surface area contributed by atoms with E-state index >= 15 is 0 Å². The first-order valence-electron chi connectivity index (χ1n) is 9.27. The van der Waals surface area contributed by atoms with E-state index in [-0.39, 0.29) is 5.91 Å². The Morgan fingerprint density at radius 3 is 2.71 bits per heavy atom. The summed E-state index contributed by atoms with van der Waals surface area (Å²) in [5.74, 6) is 1.43. The van der Waals surface area contributed by atoms with Crippen molar-refractivity contribution in [3.8, 4) is 5.75 Å². The number of ether oxygens (including phenoxy) is 1. The van der Waals surface area contributed by atoms with Crippen LogP contribution in [0.15, 0.2) is 18.2 Å². The monoisotopic (exact) mass is 330 g/mol. The standard InChI is InChI=1S/C20H30N2O2/c1-13(2)16-6-5-14(3)19(11-16)24-15(4)20(23)22-17-7-8-18(22)12-21-10-9-17/h5-6,11,13,15,17-18,21H,7-10,12H2,1-4H3. The van der Waals surface area contributed by atoms with Crippen molar-refractivity contribution >= 4 is 5.91 Å². The van der Waals surface area contributed by atoms with Gasteiger partial charge in [0.15, 0.2) is 6.10 Å². The van der Waals surface area contributed by atoms with Crippen LogP contribution < -0.4 is 10.1 Å². The summed E-state index contributed by atoms with van der Waals surface area (Å²) in [6.07, 6.45) is 2.86. The van der Waals surface area contributed by atoms with Gasteiger partial charge in [0.2, 0.25) is 0 Å². The van der Waals surface area contributed by atoms with Gasteiger partial charge < -0.3 is 15.0 Å². The SMILES string of the molecule is Cc1ccc(C(C)C)cc1OC(C)C(=O)N1C2CCNCC1CC2. The molecule has 24 heavy (non-hydrogen) atoms. The van der Waals surface area contributed by atoms with E-state index in [9.17, 15) is 4.79 Å². The van der Waals surface area contributed by atoms with E-state index in [1.807, 2.05) is 13.8 Å². The summed E-state index contributed by atoms with van der Waals surface area (Å²) in [4.78, 5) is 15.1. The quantitative estimate of drug-likeness (QED) is 0.921. The maximum atomic E-state index is 13.0. The Bertz CT molecular complexity index is 585. The molecule has 1 amide bonds. The number of aryl methyl sites for hydroxylation is 1. The van der Waals surface area contributed by atoms with Gasteiger partial charge >= 0.3 is 0 Å². The zero-order chi connectivity index (χ0) is 17.3. The molecule has 3 unspecified atom stereocenters. The van der Waals surface area contributed by atoms with Gasteiger partial charge in [0, 0.05) is 18.6 Å². The Hall–Kier alpha value is -1.55. The number of benzene rings is 1. The molecule has 2 heterocycles. The van der Waals surface area contributed by atoms with Crippen LogP contribution in [0.25, 0.3) is 0 Å². The molecule has 3 rings (SSSR count). The number of nitrogens with zero attached hydrogens (tertiary/aromatic N) is 1. The summed E-state index contributed by atoms with van der Waals surface area (Å²) >= 11 is 0. The lowest BCUT2D eigenvalue weighted by molar-refractivity contribution is -0.140. The van der Waals surface area contributed by atoms with Crippen LogP contribution in [0, 0.1) is 6.92 Å². The molecular formula is C20H30N2O2. The highest BCUT2D eigenvalue weighted by molar-refractivity contribution is 5.82. The Kier molecular flexibility index (Phi) is 5.14. The van der Waals surface area contributed by atoms with Gasteiger partial charge in [0.1, 0.15) is 5.75 Å². The molecule has 0 aliphatic carbocycles. The molecule has 2 fully saturated rings. The molecule has 0 saturated carbocycles. The minimum atomic E-state index is -0.438. The van der Waals surface area contributed by atoms with E-state index in [0.29, 0.717) is 18.0 Å². The summed E-state index contributed by atoms with van der Waals surface area (Å²) in [6.45, 7) is 10.2. The maximum Gasteiger partial charge on any atom is 0.263 e. The third kappa shape index (κ3) is 3.44. The molecule has 2 saturated heterocycles. The molecule has 2 aliphatic heterocycles. The van der Waals surface area contributed by atoms with Crippen molar-refractivity contribution in [1.29, 1.82) is 0 Å². The van der Waals surface area contributed by atoms with Crippen LogP contribution in [-0.2, 0) is 4.79 Å². The first-order chi connectivity index (χ1) is 11.5. The molecule has 1 aromatic carbocycles. The van der Waals surface area contributed by atoms with Crippen LogP contribution in [0.1, 0.15) is 57.1 Å². The Labute approximate surface area is 145 Å². The second kappa shape index (κ2) is 7.14. The van der Waals surface area contributed by atoms with E-state index in [1.54, 1.807) is 0 Å². The van der Waals surface area contributed by atoms with Gasteiger partial charge in [0.05, 0.1) is 0 Å². The summed E-state index contributed by atoms with van der Waals surface area (Å²) in [6, 6.07) is 7.02. The van der Waals surface area contributed by atoms with Gasteiger partial charge in [-0.1, -0.05) is 26.0 Å². The smallest absolute Gasteiger partial charge is 0.263 e. The molecule has 0 radical (unpaired) electrons. The highest BCUT2D eigenvalue weighted by Gasteiger charge is 2.40. The summed E-state index contributed by atoms with van der Waals surface area (Å²) in [7, 11) is 0. The van der Waals surface area contributed by atoms with Crippen molar-refractivity contribution in [1.82, 2.24) is 10.2 Å². The number of amides is 1. The fraction of sp³-hybridized carbons (Fsp3) is 0.650. The van der Waals surface area contributed by atoms with Crippen molar-refractivity contribution in [2.24, 2.45) is 0 Å². The fourth-order valence-corrected chi connectivity index (χ4v) is 3.90. The molecule has 2 bridgehead atoms. The van der Waals surface area contributed by atoms with Crippen LogP contribution in [0.2, 0.25) is 0 Å². The number of fused-ring (bicyclic) bond motifs is 2. The molecule has 4 nitrogen and oxygen atoms in total. The van der Waals surface area contributed by atoms with Gasteiger partial charge in [-0.2, -0.15) is 0 Å². The average Bonchev–Trinajstić information content (AvgIpc) is 2.81. The summed E-state index contributed by atoms with van der Waals surface area (Å²) in [5.41, 5.74) is 2.33. The zero-order valence-corrected chi connectivity index (χ0v) is 15.3. The van der Waals surface area contributed by atoms with Crippen molar-refractivity contribution in [3.05, 3.63) is 29.3 Å².